The fourth-order valence-corrected chi connectivity index (χ4v) is 2.34. The van der Waals surface area contributed by atoms with Gasteiger partial charge in [0.15, 0.2) is 0 Å². The summed E-state index contributed by atoms with van der Waals surface area (Å²) in [6.45, 7) is 5.43. The number of hydrogen-bond donors (Lipinski definition) is 2. The first kappa shape index (κ1) is 17.0. The maximum absolute atomic E-state index is 12.0. The van der Waals surface area contributed by atoms with Crippen LogP contribution in [0.15, 0.2) is 42.5 Å². The van der Waals surface area contributed by atoms with Gasteiger partial charge >= 0.3 is 0 Å². The highest BCUT2D eigenvalue weighted by Crippen LogP contribution is 2.16. The number of aryl methyl sites for hydroxylation is 2. The molecule has 2 aromatic rings. The van der Waals surface area contributed by atoms with E-state index in [0.717, 1.165) is 23.5 Å². The molecule has 2 N–H and O–H groups in total. The lowest BCUT2D eigenvalue weighted by Gasteiger charge is -2.10. The summed E-state index contributed by atoms with van der Waals surface area (Å²) < 4.78 is 5.13. The van der Waals surface area contributed by atoms with Crippen LogP contribution in [-0.2, 0) is 11.3 Å². The Morgan fingerprint density at radius 1 is 1.09 bits per heavy atom. The smallest absolute Gasteiger partial charge is 0.225 e. The molecule has 0 unspecified atom stereocenters. The molecule has 122 valence electrons. The molecule has 0 atom stereocenters. The molecule has 4 heteroatoms. The van der Waals surface area contributed by atoms with Crippen LogP contribution in [0, 0.1) is 13.8 Å². The Morgan fingerprint density at radius 3 is 2.48 bits per heavy atom. The maximum Gasteiger partial charge on any atom is 0.225 e. The van der Waals surface area contributed by atoms with E-state index in [0.29, 0.717) is 13.0 Å². The quantitative estimate of drug-likeness (QED) is 0.770. The zero-order valence-electron chi connectivity index (χ0n) is 14.0. The van der Waals surface area contributed by atoms with Gasteiger partial charge in [-0.3, -0.25) is 4.79 Å². The number of methoxy groups -OCH3 is 1. The second-order valence-corrected chi connectivity index (χ2v) is 5.64. The molecule has 4 nitrogen and oxygen atoms in total. The Labute approximate surface area is 137 Å². The summed E-state index contributed by atoms with van der Waals surface area (Å²) >= 11 is 0. The van der Waals surface area contributed by atoms with Crippen molar-refractivity contribution in [2.45, 2.75) is 26.8 Å². The summed E-state index contributed by atoms with van der Waals surface area (Å²) in [5.41, 5.74) is 4.34. The van der Waals surface area contributed by atoms with E-state index in [1.807, 2.05) is 50.2 Å². The predicted molar refractivity (Wildman–Crippen MR) is 93.9 cm³/mol. The molecular formula is C19H24N2O2. The van der Waals surface area contributed by atoms with Crippen LogP contribution in [0.1, 0.15) is 23.1 Å². The van der Waals surface area contributed by atoms with E-state index in [1.54, 1.807) is 7.11 Å². The monoisotopic (exact) mass is 312 g/mol. The second-order valence-electron chi connectivity index (χ2n) is 5.64. The Balaban J connectivity index is 1.72. The normalized spacial score (nSPS) is 10.4. The lowest BCUT2D eigenvalue weighted by Crippen LogP contribution is -2.21. The van der Waals surface area contributed by atoms with Crippen LogP contribution in [0.4, 0.5) is 5.69 Å². The van der Waals surface area contributed by atoms with E-state index in [-0.39, 0.29) is 5.91 Å². The molecule has 0 spiro atoms. The molecule has 0 radical (unpaired) electrons. The highest BCUT2D eigenvalue weighted by molar-refractivity contribution is 5.91. The molecule has 1 amide bonds. The van der Waals surface area contributed by atoms with Crippen LogP contribution in [0.3, 0.4) is 0 Å². The van der Waals surface area contributed by atoms with Crippen molar-refractivity contribution in [2.75, 3.05) is 19.0 Å². The van der Waals surface area contributed by atoms with Gasteiger partial charge < -0.3 is 15.4 Å². The zero-order chi connectivity index (χ0) is 16.7. The van der Waals surface area contributed by atoms with Gasteiger partial charge in [-0.05, 0) is 43.2 Å². The van der Waals surface area contributed by atoms with Gasteiger partial charge in [0.25, 0.3) is 0 Å². The maximum atomic E-state index is 12.0. The van der Waals surface area contributed by atoms with Crippen LogP contribution in [0.25, 0.3) is 0 Å². The Morgan fingerprint density at radius 2 is 1.83 bits per heavy atom. The highest BCUT2D eigenvalue weighted by atomic mass is 16.5. The predicted octanol–water partition coefficient (Wildman–Crippen LogP) is 3.43. The van der Waals surface area contributed by atoms with Gasteiger partial charge in [-0.1, -0.05) is 29.8 Å². The Bertz CT molecular complexity index is 651. The van der Waals surface area contributed by atoms with Gasteiger partial charge in [0, 0.05) is 25.2 Å². The van der Waals surface area contributed by atoms with E-state index in [1.165, 1.54) is 11.1 Å². The fraction of sp³-hybridized carbons (Fsp3) is 0.316. The van der Waals surface area contributed by atoms with E-state index in [9.17, 15) is 4.79 Å². The van der Waals surface area contributed by atoms with Gasteiger partial charge in [-0.15, -0.1) is 0 Å². The van der Waals surface area contributed by atoms with Crippen molar-refractivity contribution in [3.8, 4) is 5.75 Å². The minimum Gasteiger partial charge on any atom is -0.497 e. The van der Waals surface area contributed by atoms with E-state index in [4.69, 9.17) is 4.74 Å². The molecule has 0 bridgehead atoms. The molecule has 0 aliphatic rings. The third-order valence-electron chi connectivity index (χ3n) is 3.67. The minimum absolute atomic E-state index is 0.0270. The van der Waals surface area contributed by atoms with Crippen molar-refractivity contribution in [1.82, 2.24) is 5.32 Å². The van der Waals surface area contributed by atoms with Crippen LogP contribution in [-0.4, -0.2) is 19.6 Å². The topological polar surface area (TPSA) is 50.4 Å². The van der Waals surface area contributed by atoms with Crippen LogP contribution >= 0.6 is 0 Å². The molecule has 0 aliphatic heterocycles. The van der Waals surface area contributed by atoms with Crippen molar-refractivity contribution in [2.24, 2.45) is 0 Å². The van der Waals surface area contributed by atoms with E-state index < -0.39 is 0 Å². The largest absolute Gasteiger partial charge is 0.497 e. The van der Waals surface area contributed by atoms with Crippen molar-refractivity contribution in [3.05, 3.63) is 59.2 Å². The molecule has 0 aliphatic carbocycles. The van der Waals surface area contributed by atoms with Crippen LogP contribution in [0.5, 0.6) is 5.75 Å². The summed E-state index contributed by atoms with van der Waals surface area (Å²) in [7, 11) is 1.65. The van der Waals surface area contributed by atoms with Gasteiger partial charge in [0.05, 0.1) is 7.11 Å². The summed E-state index contributed by atoms with van der Waals surface area (Å²) in [6, 6.07) is 13.9. The lowest BCUT2D eigenvalue weighted by molar-refractivity contribution is -0.116. The number of ether oxygens (including phenoxy) is 1. The summed E-state index contributed by atoms with van der Waals surface area (Å²) in [5.74, 6) is 0.876. The number of anilines is 1. The average molecular weight is 312 g/mol. The number of benzene rings is 2. The van der Waals surface area contributed by atoms with Crippen molar-refractivity contribution in [1.29, 1.82) is 0 Å². The first-order chi connectivity index (χ1) is 11.1. The SMILES string of the molecule is COc1ccc(CNCCC(=O)Nc2ccc(C)cc2C)cc1. The van der Waals surface area contributed by atoms with Crippen LogP contribution in [0.2, 0.25) is 0 Å². The Kier molecular flexibility index (Phi) is 6.18. The molecule has 0 heterocycles. The Hall–Kier alpha value is -2.33. The van der Waals surface area contributed by atoms with Gasteiger partial charge in [-0.25, -0.2) is 0 Å². The van der Waals surface area contributed by atoms with Gasteiger partial charge in [0.1, 0.15) is 5.75 Å². The number of carbonyl (C=O) groups is 1. The second kappa shape index (κ2) is 8.34. The first-order valence-corrected chi connectivity index (χ1v) is 7.79. The zero-order valence-corrected chi connectivity index (χ0v) is 14.0. The molecule has 2 rings (SSSR count). The highest BCUT2D eigenvalue weighted by Gasteiger charge is 2.04. The van der Waals surface area contributed by atoms with Gasteiger partial charge in [0.2, 0.25) is 5.91 Å². The summed E-state index contributed by atoms with van der Waals surface area (Å²) in [4.78, 5) is 12.0. The number of amides is 1. The average Bonchev–Trinajstić information content (AvgIpc) is 2.55. The minimum atomic E-state index is 0.0270. The molecule has 0 saturated heterocycles. The summed E-state index contributed by atoms with van der Waals surface area (Å²) in [5, 5.41) is 6.23. The molecule has 0 saturated carbocycles. The molecule has 0 aromatic heterocycles. The number of nitrogens with one attached hydrogen (secondary N) is 2. The van der Waals surface area contributed by atoms with Crippen LogP contribution < -0.4 is 15.4 Å². The number of carbonyl (C=O) groups excluding carboxylic acids is 1. The van der Waals surface area contributed by atoms with Crippen molar-refractivity contribution < 1.29 is 9.53 Å². The molecular weight excluding hydrogens is 288 g/mol. The molecule has 2 aromatic carbocycles. The van der Waals surface area contributed by atoms with Crippen molar-refractivity contribution in [3.63, 3.8) is 0 Å². The fourth-order valence-electron chi connectivity index (χ4n) is 2.34. The first-order valence-electron chi connectivity index (χ1n) is 7.79. The molecule has 23 heavy (non-hydrogen) atoms. The van der Waals surface area contributed by atoms with Crippen molar-refractivity contribution >= 4 is 11.6 Å². The molecule has 0 fully saturated rings. The number of rotatable bonds is 7. The van der Waals surface area contributed by atoms with Gasteiger partial charge in [-0.2, -0.15) is 0 Å². The van der Waals surface area contributed by atoms with E-state index in [2.05, 4.69) is 16.7 Å². The standard InChI is InChI=1S/C19H24N2O2/c1-14-4-9-18(15(2)12-14)21-19(22)10-11-20-13-16-5-7-17(23-3)8-6-16/h4-9,12,20H,10-11,13H2,1-3H3,(H,21,22). The lowest BCUT2D eigenvalue weighted by atomic mass is 10.1. The third kappa shape index (κ3) is 5.42. The van der Waals surface area contributed by atoms with E-state index >= 15 is 0 Å². The summed E-state index contributed by atoms with van der Waals surface area (Å²) in [6.07, 6.45) is 0.448. The number of hydrogen-bond acceptors (Lipinski definition) is 3. The third-order valence-corrected chi connectivity index (χ3v) is 3.67.